The Kier molecular flexibility index (Phi) is 7.72. The zero-order chi connectivity index (χ0) is 23.5. The van der Waals surface area contributed by atoms with Crippen LogP contribution in [0.3, 0.4) is 0 Å². The predicted octanol–water partition coefficient (Wildman–Crippen LogP) is 6.35. The van der Waals surface area contributed by atoms with E-state index in [2.05, 4.69) is 55.1 Å². The first-order valence-corrected chi connectivity index (χ1v) is 12.1. The summed E-state index contributed by atoms with van der Waals surface area (Å²) in [6.45, 7) is 12.7. The fourth-order valence-electron chi connectivity index (χ4n) is 3.35. The number of aliphatic imine (C=N–C) groups is 1. The molecule has 0 fully saturated rings. The standard InChI is InChI=1S/C24H30ClN3O3S/c1-7-28-21(20(25)15(3)27-28)22(30-14-31-23(29)32-8-2)19(18-13-26-18)16-9-11-17(12-10-16)24(4,5)6/h9-13,18H,7-8,14H2,1-6H3/b22-19+. The molecule has 8 heteroatoms. The molecule has 0 saturated heterocycles. The molecule has 0 amide bonds. The number of nitrogens with zero attached hydrogens (tertiary/aromatic N) is 3. The lowest BCUT2D eigenvalue weighted by atomic mass is 9.86. The molecule has 1 aliphatic rings. The summed E-state index contributed by atoms with van der Waals surface area (Å²) in [5.41, 5.74) is 4.50. The zero-order valence-corrected chi connectivity index (χ0v) is 21.0. The Morgan fingerprint density at radius 1 is 1.19 bits per heavy atom. The number of benzene rings is 1. The molecule has 172 valence electrons. The number of aromatic nitrogens is 2. The molecule has 3 rings (SSSR count). The van der Waals surface area contributed by atoms with Gasteiger partial charge in [-0.3, -0.25) is 9.67 Å². The van der Waals surface area contributed by atoms with Crippen molar-refractivity contribution in [1.29, 1.82) is 0 Å². The average Bonchev–Trinajstić information content (AvgIpc) is 3.53. The Bertz CT molecular complexity index is 1030. The van der Waals surface area contributed by atoms with Gasteiger partial charge in [0.1, 0.15) is 11.7 Å². The molecule has 0 saturated carbocycles. The van der Waals surface area contributed by atoms with Crippen molar-refractivity contribution in [2.45, 2.75) is 59.5 Å². The van der Waals surface area contributed by atoms with Gasteiger partial charge in [0.25, 0.3) is 0 Å². The lowest BCUT2D eigenvalue weighted by molar-refractivity contribution is 0.0586. The monoisotopic (exact) mass is 475 g/mol. The van der Waals surface area contributed by atoms with Crippen LogP contribution in [-0.4, -0.2) is 39.9 Å². The van der Waals surface area contributed by atoms with E-state index in [0.29, 0.717) is 34.5 Å². The maximum Gasteiger partial charge on any atom is 0.370 e. The van der Waals surface area contributed by atoms with Crippen molar-refractivity contribution in [3.05, 3.63) is 51.8 Å². The summed E-state index contributed by atoms with van der Waals surface area (Å²) in [5.74, 6) is 1.16. The summed E-state index contributed by atoms with van der Waals surface area (Å²) in [5, 5.41) is 4.68. The van der Waals surface area contributed by atoms with Crippen LogP contribution in [0.15, 0.2) is 29.3 Å². The molecule has 0 aliphatic carbocycles. The van der Waals surface area contributed by atoms with Crippen molar-refractivity contribution in [2.24, 2.45) is 4.99 Å². The maximum absolute atomic E-state index is 11.8. The summed E-state index contributed by atoms with van der Waals surface area (Å²) < 4.78 is 13.2. The van der Waals surface area contributed by atoms with Crippen molar-refractivity contribution in [3.8, 4) is 0 Å². The summed E-state index contributed by atoms with van der Waals surface area (Å²) in [4.78, 5) is 16.3. The number of carbonyl (C=O) groups is 1. The van der Waals surface area contributed by atoms with Crippen LogP contribution in [0.5, 0.6) is 0 Å². The number of thioether (sulfide) groups is 1. The van der Waals surface area contributed by atoms with E-state index in [4.69, 9.17) is 21.1 Å². The number of halogens is 1. The van der Waals surface area contributed by atoms with E-state index < -0.39 is 0 Å². The lowest BCUT2D eigenvalue weighted by Gasteiger charge is -2.21. The van der Waals surface area contributed by atoms with Crippen LogP contribution >= 0.6 is 23.4 Å². The van der Waals surface area contributed by atoms with Gasteiger partial charge in [0.05, 0.1) is 10.7 Å². The molecule has 1 aliphatic heterocycles. The van der Waals surface area contributed by atoms with Crippen molar-refractivity contribution in [2.75, 3.05) is 12.5 Å². The third-order valence-corrected chi connectivity index (χ3v) is 6.21. The highest BCUT2D eigenvalue weighted by molar-refractivity contribution is 8.13. The molecule has 1 atom stereocenters. The van der Waals surface area contributed by atoms with Gasteiger partial charge in [-0.05, 0) is 42.2 Å². The van der Waals surface area contributed by atoms with Crippen molar-refractivity contribution in [1.82, 2.24) is 9.78 Å². The quantitative estimate of drug-likeness (QED) is 0.253. The van der Waals surface area contributed by atoms with Crippen molar-refractivity contribution >= 4 is 46.2 Å². The molecule has 0 bridgehead atoms. The molecule has 1 aromatic carbocycles. The van der Waals surface area contributed by atoms with Crippen molar-refractivity contribution < 1.29 is 14.3 Å². The van der Waals surface area contributed by atoms with Gasteiger partial charge in [0.2, 0.25) is 6.79 Å². The molecule has 2 heterocycles. The third kappa shape index (κ3) is 5.56. The number of ether oxygens (including phenoxy) is 2. The number of aryl methyl sites for hydroxylation is 2. The highest BCUT2D eigenvalue weighted by Gasteiger charge is 2.30. The molecule has 0 spiro atoms. The Labute approximate surface area is 199 Å². The normalized spacial score (nSPS) is 16.0. The van der Waals surface area contributed by atoms with Crippen LogP contribution in [0.25, 0.3) is 11.3 Å². The molecular formula is C24H30ClN3O3S. The summed E-state index contributed by atoms with van der Waals surface area (Å²) >= 11 is 7.77. The SMILES string of the molecule is CCSC(=O)OCO/C(=C(\c1ccc(C(C)(C)C)cc1)C1C=N1)c1c(Cl)c(C)nn1CC. The Balaban J connectivity index is 2.09. The van der Waals surface area contributed by atoms with Gasteiger partial charge in [-0.25, -0.2) is 4.79 Å². The van der Waals surface area contributed by atoms with Gasteiger partial charge in [-0.1, -0.05) is 63.6 Å². The van der Waals surface area contributed by atoms with Crippen LogP contribution < -0.4 is 0 Å². The second kappa shape index (κ2) is 10.1. The molecule has 2 aromatic rings. The highest BCUT2D eigenvalue weighted by atomic mass is 35.5. The highest BCUT2D eigenvalue weighted by Crippen LogP contribution is 2.38. The van der Waals surface area contributed by atoms with Crippen LogP contribution in [-0.2, 0) is 21.4 Å². The number of hydrogen-bond acceptors (Lipinski definition) is 6. The van der Waals surface area contributed by atoms with E-state index >= 15 is 0 Å². The first-order valence-electron chi connectivity index (χ1n) is 10.7. The smallest absolute Gasteiger partial charge is 0.370 e. The first-order chi connectivity index (χ1) is 15.2. The first kappa shape index (κ1) is 24.4. The van der Waals surface area contributed by atoms with E-state index in [1.165, 1.54) is 5.56 Å². The third-order valence-electron chi connectivity index (χ3n) is 5.11. The number of carbonyl (C=O) groups excluding carboxylic acids is 1. The van der Waals surface area contributed by atoms with Gasteiger partial charge in [0, 0.05) is 24.1 Å². The summed E-state index contributed by atoms with van der Waals surface area (Å²) in [7, 11) is 0. The predicted molar refractivity (Wildman–Crippen MR) is 132 cm³/mol. The second-order valence-corrected chi connectivity index (χ2v) is 10.0. The molecule has 6 nitrogen and oxygen atoms in total. The maximum atomic E-state index is 11.8. The van der Waals surface area contributed by atoms with E-state index in [1.54, 1.807) is 0 Å². The molecule has 32 heavy (non-hydrogen) atoms. The fourth-order valence-corrected chi connectivity index (χ4v) is 3.94. The topological polar surface area (TPSA) is 65.7 Å². The van der Waals surface area contributed by atoms with Crippen molar-refractivity contribution in [3.63, 3.8) is 0 Å². The van der Waals surface area contributed by atoms with Crippen LogP contribution in [0.1, 0.15) is 57.1 Å². The molecule has 0 radical (unpaired) electrons. The molecule has 0 N–H and O–H groups in total. The van der Waals surface area contributed by atoms with E-state index in [-0.39, 0.29) is 23.6 Å². The minimum Gasteiger partial charge on any atom is -0.455 e. The lowest BCUT2D eigenvalue weighted by Crippen LogP contribution is -2.13. The Morgan fingerprint density at radius 3 is 2.38 bits per heavy atom. The van der Waals surface area contributed by atoms with E-state index in [9.17, 15) is 4.79 Å². The second-order valence-electron chi connectivity index (χ2n) is 8.47. The summed E-state index contributed by atoms with van der Waals surface area (Å²) in [6.07, 6.45) is 1.86. The van der Waals surface area contributed by atoms with Gasteiger partial charge in [-0.2, -0.15) is 5.10 Å². The zero-order valence-electron chi connectivity index (χ0n) is 19.4. The largest absolute Gasteiger partial charge is 0.455 e. The van der Waals surface area contributed by atoms with Gasteiger partial charge in [0.15, 0.2) is 5.76 Å². The Morgan fingerprint density at radius 2 is 1.84 bits per heavy atom. The molecule has 1 aromatic heterocycles. The van der Waals surface area contributed by atoms with Crippen LogP contribution in [0, 0.1) is 6.92 Å². The number of hydrogen-bond donors (Lipinski definition) is 0. The van der Waals surface area contributed by atoms with E-state index in [0.717, 1.165) is 22.9 Å². The average molecular weight is 476 g/mol. The fraction of sp³-hybridized carbons (Fsp3) is 0.458. The molecule has 1 unspecified atom stereocenters. The van der Waals surface area contributed by atoms with Crippen LogP contribution in [0.4, 0.5) is 4.79 Å². The minimum absolute atomic E-state index is 0.0458. The molecular weight excluding hydrogens is 446 g/mol. The van der Waals surface area contributed by atoms with Crippen LogP contribution in [0.2, 0.25) is 5.02 Å². The number of rotatable bonds is 8. The van der Waals surface area contributed by atoms with E-state index in [1.807, 2.05) is 31.7 Å². The minimum atomic E-state index is -0.378. The van der Waals surface area contributed by atoms with Gasteiger partial charge < -0.3 is 9.47 Å². The van der Waals surface area contributed by atoms with Gasteiger partial charge in [-0.15, -0.1) is 0 Å². The Hall–Kier alpha value is -2.25. The van der Waals surface area contributed by atoms with Gasteiger partial charge >= 0.3 is 5.30 Å². The summed E-state index contributed by atoms with van der Waals surface area (Å²) in [6, 6.07) is 8.28.